The van der Waals surface area contributed by atoms with Crippen molar-refractivity contribution in [3.05, 3.63) is 59.0 Å². The third-order valence-electron chi connectivity index (χ3n) is 5.47. The standard InChI is InChI=1S/C22H26N4O2/c1-25(2)12-11-23-20-15-7-5-6-8-18(15)26(3)21-19(20)16-13-14(22(27)28-4)9-10-17(16)24-21/h5-10,13,16-17,24H,11-12H2,1-4H3. The summed E-state index contributed by atoms with van der Waals surface area (Å²) in [6.07, 6.45) is 5.90. The van der Waals surface area contributed by atoms with Crippen LogP contribution in [0.3, 0.4) is 0 Å². The van der Waals surface area contributed by atoms with Crippen LogP contribution in [0.15, 0.2) is 53.1 Å². The summed E-state index contributed by atoms with van der Waals surface area (Å²) in [6, 6.07) is 8.46. The summed E-state index contributed by atoms with van der Waals surface area (Å²) in [5.41, 5.74) is 2.88. The molecule has 1 aliphatic carbocycles. The second-order valence-corrected chi connectivity index (χ2v) is 7.54. The van der Waals surface area contributed by atoms with Crippen LogP contribution in [0.25, 0.3) is 10.9 Å². The highest BCUT2D eigenvalue weighted by molar-refractivity contribution is 5.93. The van der Waals surface area contributed by atoms with Gasteiger partial charge in [-0.2, -0.15) is 0 Å². The van der Waals surface area contributed by atoms with E-state index in [0.29, 0.717) is 5.57 Å². The summed E-state index contributed by atoms with van der Waals surface area (Å²) >= 11 is 0. The molecule has 2 atom stereocenters. The van der Waals surface area contributed by atoms with Crippen molar-refractivity contribution in [3.63, 3.8) is 0 Å². The molecule has 1 aromatic carbocycles. The molecule has 0 bridgehead atoms. The van der Waals surface area contributed by atoms with Gasteiger partial charge in [0.15, 0.2) is 0 Å². The minimum Gasteiger partial charge on any atom is -0.465 e. The number of hydrogen-bond donors (Lipinski definition) is 1. The Morgan fingerprint density at radius 1 is 1.32 bits per heavy atom. The molecule has 0 spiro atoms. The molecule has 28 heavy (non-hydrogen) atoms. The normalized spacial score (nSPS) is 20.8. The Hall–Kier alpha value is -2.86. The Morgan fingerprint density at radius 2 is 2.11 bits per heavy atom. The van der Waals surface area contributed by atoms with Gasteiger partial charge >= 0.3 is 5.97 Å². The number of nitrogens with zero attached hydrogens (tertiary/aromatic N) is 3. The van der Waals surface area contributed by atoms with E-state index >= 15 is 0 Å². The number of aryl methyl sites for hydroxylation is 1. The number of ether oxygens (including phenoxy) is 1. The number of pyridine rings is 1. The van der Waals surface area contributed by atoms with Crippen molar-refractivity contribution in [2.75, 3.05) is 39.6 Å². The van der Waals surface area contributed by atoms with Gasteiger partial charge in [0.1, 0.15) is 5.82 Å². The van der Waals surface area contributed by atoms with Gasteiger partial charge in [-0.1, -0.05) is 30.4 Å². The number of fused-ring (bicyclic) bond motifs is 4. The molecule has 0 saturated heterocycles. The quantitative estimate of drug-likeness (QED) is 0.829. The molecule has 2 aliphatic rings. The molecule has 6 heteroatoms. The first-order valence-corrected chi connectivity index (χ1v) is 9.53. The van der Waals surface area contributed by atoms with E-state index in [4.69, 9.17) is 9.73 Å². The predicted octanol–water partition coefficient (Wildman–Crippen LogP) is 2.19. The van der Waals surface area contributed by atoms with Crippen LogP contribution in [0.4, 0.5) is 5.82 Å². The van der Waals surface area contributed by atoms with Crippen LogP contribution in [0.1, 0.15) is 11.5 Å². The number of anilines is 1. The van der Waals surface area contributed by atoms with E-state index in [9.17, 15) is 4.79 Å². The molecule has 0 saturated carbocycles. The van der Waals surface area contributed by atoms with Crippen LogP contribution < -0.4 is 10.7 Å². The average Bonchev–Trinajstić information content (AvgIpc) is 3.08. The fraction of sp³-hybridized carbons (Fsp3) is 0.364. The summed E-state index contributed by atoms with van der Waals surface area (Å²) in [5.74, 6) is 0.798. The number of benzene rings is 1. The van der Waals surface area contributed by atoms with Crippen LogP contribution in [-0.2, 0) is 16.6 Å². The maximum atomic E-state index is 12.1. The Balaban J connectivity index is 1.94. The molecule has 4 rings (SSSR count). The van der Waals surface area contributed by atoms with E-state index in [2.05, 4.69) is 60.2 Å². The SMILES string of the molecule is COC(=O)C1=CC2c3c(n(C)c4ccccc4c3=NCCN(C)C)NC2C=C1. The Morgan fingerprint density at radius 3 is 2.86 bits per heavy atom. The lowest BCUT2D eigenvalue weighted by Crippen LogP contribution is -2.24. The van der Waals surface area contributed by atoms with E-state index in [-0.39, 0.29) is 17.9 Å². The lowest BCUT2D eigenvalue weighted by Gasteiger charge is -2.18. The highest BCUT2D eigenvalue weighted by Gasteiger charge is 2.35. The number of rotatable bonds is 4. The number of nitrogens with one attached hydrogen (secondary N) is 1. The van der Waals surface area contributed by atoms with Gasteiger partial charge in [-0.05, 0) is 26.2 Å². The highest BCUT2D eigenvalue weighted by Crippen LogP contribution is 2.39. The largest absolute Gasteiger partial charge is 0.465 e. The fourth-order valence-corrected chi connectivity index (χ4v) is 4.04. The van der Waals surface area contributed by atoms with E-state index < -0.39 is 0 Å². The van der Waals surface area contributed by atoms with Crippen LogP contribution >= 0.6 is 0 Å². The van der Waals surface area contributed by atoms with Crippen molar-refractivity contribution >= 4 is 22.7 Å². The molecule has 1 aliphatic heterocycles. The smallest absolute Gasteiger partial charge is 0.337 e. The Labute approximate surface area is 164 Å². The van der Waals surface area contributed by atoms with Gasteiger partial charge in [-0.25, -0.2) is 4.79 Å². The zero-order chi connectivity index (χ0) is 19.8. The van der Waals surface area contributed by atoms with Crippen molar-refractivity contribution in [3.8, 4) is 0 Å². The lowest BCUT2D eigenvalue weighted by molar-refractivity contribution is -0.135. The van der Waals surface area contributed by atoms with E-state index in [1.165, 1.54) is 7.11 Å². The minimum atomic E-state index is -0.306. The van der Waals surface area contributed by atoms with Crippen molar-refractivity contribution in [1.82, 2.24) is 9.47 Å². The Bertz CT molecular complexity index is 1060. The molecule has 0 fully saturated rings. The molecular formula is C22H26N4O2. The third kappa shape index (κ3) is 3.03. The molecule has 2 unspecified atom stereocenters. The monoisotopic (exact) mass is 378 g/mol. The number of para-hydroxylation sites is 1. The number of esters is 1. The first-order chi connectivity index (χ1) is 13.5. The van der Waals surface area contributed by atoms with E-state index in [1.54, 1.807) is 0 Å². The van der Waals surface area contributed by atoms with Gasteiger partial charge in [0.05, 0.1) is 36.1 Å². The van der Waals surface area contributed by atoms with Crippen LogP contribution in [0, 0.1) is 0 Å². The molecule has 1 aromatic heterocycles. The molecule has 6 nitrogen and oxygen atoms in total. The van der Waals surface area contributed by atoms with Gasteiger partial charge in [0.2, 0.25) is 0 Å². The third-order valence-corrected chi connectivity index (χ3v) is 5.47. The van der Waals surface area contributed by atoms with Gasteiger partial charge in [0.25, 0.3) is 0 Å². The second-order valence-electron chi connectivity index (χ2n) is 7.54. The first-order valence-electron chi connectivity index (χ1n) is 9.53. The summed E-state index contributed by atoms with van der Waals surface area (Å²) < 4.78 is 7.12. The molecule has 0 radical (unpaired) electrons. The number of aromatic nitrogens is 1. The van der Waals surface area contributed by atoms with Crippen molar-refractivity contribution < 1.29 is 9.53 Å². The lowest BCUT2D eigenvalue weighted by atomic mass is 9.88. The van der Waals surface area contributed by atoms with Crippen LogP contribution in [0.2, 0.25) is 0 Å². The zero-order valence-electron chi connectivity index (χ0n) is 16.8. The van der Waals surface area contributed by atoms with E-state index in [1.807, 2.05) is 18.2 Å². The molecule has 146 valence electrons. The molecular weight excluding hydrogens is 352 g/mol. The number of carbonyl (C=O) groups excluding carboxylic acids is 1. The minimum absolute atomic E-state index is 0.0445. The summed E-state index contributed by atoms with van der Waals surface area (Å²) in [4.78, 5) is 19.2. The van der Waals surface area contributed by atoms with E-state index in [0.717, 1.165) is 40.7 Å². The summed E-state index contributed by atoms with van der Waals surface area (Å²) in [6.45, 7) is 1.60. The summed E-state index contributed by atoms with van der Waals surface area (Å²) in [5, 5.41) is 5.77. The van der Waals surface area contributed by atoms with Gasteiger partial charge in [-0.3, -0.25) is 4.99 Å². The molecule has 0 amide bonds. The average molecular weight is 378 g/mol. The van der Waals surface area contributed by atoms with Crippen molar-refractivity contribution in [1.29, 1.82) is 0 Å². The van der Waals surface area contributed by atoms with Crippen LogP contribution in [-0.4, -0.2) is 55.8 Å². The van der Waals surface area contributed by atoms with Gasteiger partial charge in [0, 0.05) is 30.5 Å². The molecule has 1 N–H and O–H groups in total. The predicted molar refractivity (Wildman–Crippen MR) is 111 cm³/mol. The van der Waals surface area contributed by atoms with Crippen molar-refractivity contribution in [2.24, 2.45) is 12.0 Å². The Kier molecular flexibility index (Phi) is 4.81. The second kappa shape index (κ2) is 7.28. The number of carbonyl (C=O) groups is 1. The maximum absolute atomic E-state index is 12.1. The zero-order valence-corrected chi connectivity index (χ0v) is 16.8. The number of methoxy groups -OCH3 is 1. The van der Waals surface area contributed by atoms with Crippen LogP contribution in [0.5, 0.6) is 0 Å². The first kappa shape index (κ1) is 18.5. The topological polar surface area (TPSA) is 58.9 Å². The highest BCUT2D eigenvalue weighted by atomic mass is 16.5. The number of hydrogen-bond acceptors (Lipinski definition) is 5. The van der Waals surface area contributed by atoms with Crippen molar-refractivity contribution in [2.45, 2.75) is 12.0 Å². The molecule has 2 aromatic rings. The fourth-order valence-electron chi connectivity index (χ4n) is 4.04. The number of likely N-dealkylation sites (N-methyl/N-ethyl adjacent to an activating group) is 1. The van der Waals surface area contributed by atoms with Gasteiger partial charge in [-0.15, -0.1) is 0 Å². The summed E-state index contributed by atoms with van der Waals surface area (Å²) in [7, 11) is 7.60. The molecule has 2 heterocycles. The maximum Gasteiger partial charge on any atom is 0.337 e. The van der Waals surface area contributed by atoms with Gasteiger partial charge < -0.3 is 19.5 Å².